The fraction of sp³-hybridized carbons (Fsp3) is 0.500. The summed E-state index contributed by atoms with van der Waals surface area (Å²) in [6.45, 7) is 1.92. The van der Waals surface area contributed by atoms with E-state index in [4.69, 9.17) is 4.74 Å². The molecule has 0 amide bonds. The fourth-order valence-corrected chi connectivity index (χ4v) is 1.93. The summed E-state index contributed by atoms with van der Waals surface area (Å²) in [4.78, 5) is 15.0. The van der Waals surface area contributed by atoms with Crippen LogP contribution in [0.1, 0.15) is 41.6 Å². The topological polar surface area (TPSA) is 39.2 Å². The summed E-state index contributed by atoms with van der Waals surface area (Å²) in [5, 5.41) is 0. The van der Waals surface area contributed by atoms with Crippen molar-refractivity contribution in [3.63, 3.8) is 0 Å². The van der Waals surface area contributed by atoms with Crippen LogP contribution >= 0.6 is 0 Å². The minimum absolute atomic E-state index is 0.249. The number of aromatic nitrogens is 1. The molecule has 1 saturated carbocycles. The third-order valence-corrected chi connectivity index (χ3v) is 2.72. The lowest BCUT2D eigenvalue weighted by Crippen LogP contribution is -2.13. The van der Waals surface area contributed by atoms with Crippen molar-refractivity contribution in [3.05, 3.63) is 23.4 Å². The van der Waals surface area contributed by atoms with Crippen LogP contribution in [0.25, 0.3) is 0 Å². The first-order valence-corrected chi connectivity index (χ1v) is 5.38. The lowest BCUT2D eigenvalue weighted by atomic mass is 10.2. The van der Waals surface area contributed by atoms with Crippen LogP contribution in [0, 0.1) is 6.92 Å². The molecule has 0 bridgehead atoms. The standard InChI is InChI=1S/C12H15NO2/c1-9-6-10(8-14)12(13-7-9)15-11-4-2-3-5-11/h6-8,11H,2-5H2,1H3. The van der Waals surface area contributed by atoms with E-state index in [0.717, 1.165) is 24.7 Å². The van der Waals surface area contributed by atoms with Gasteiger partial charge in [0, 0.05) is 6.20 Å². The zero-order valence-electron chi connectivity index (χ0n) is 8.90. The van der Waals surface area contributed by atoms with Crippen LogP contribution in [0.15, 0.2) is 12.3 Å². The highest BCUT2D eigenvalue weighted by Crippen LogP contribution is 2.24. The monoisotopic (exact) mass is 205 g/mol. The van der Waals surface area contributed by atoms with E-state index in [1.807, 2.05) is 13.0 Å². The van der Waals surface area contributed by atoms with Crippen molar-refractivity contribution in [2.45, 2.75) is 38.7 Å². The van der Waals surface area contributed by atoms with Gasteiger partial charge in [-0.1, -0.05) is 0 Å². The summed E-state index contributed by atoms with van der Waals surface area (Å²) in [5.74, 6) is 0.488. The Morgan fingerprint density at radius 1 is 1.47 bits per heavy atom. The number of carbonyl (C=O) groups is 1. The molecule has 15 heavy (non-hydrogen) atoms. The van der Waals surface area contributed by atoms with Gasteiger partial charge < -0.3 is 4.74 Å². The number of pyridine rings is 1. The molecule has 0 saturated heterocycles. The van der Waals surface area contributed by atoms with Crippen molar-refractivity contribution in [2.24, 2.45) is 0 Å². The Labute approximate surface area is 89.5 Å². The van der Waals surface area contributed by atoms with E-state index in [2.05, 4.69) is 4.98 Å². The second-order valence-electron chi connectivity index (χ2n) is 4.05. The van der Waals surface area contributed by atoms with Crippen molar-refractivity contribution < 1.29 is 9.53 Å². The number of ether oxygens (including phenoxy) is 1. The molecular formula is C12H15NO2. The quantitative estimate of drug-likeness (QED) is 0.712. The number of nitrogens with zero attached hydrogens (tertiary/aromatic N) is 1. The van der Waals surface area contributed by atoms with Gasteiger partial charge in [0.2, 0.25) is 5.88 Å². The van der Waals surface area contributed by atoms with Gasteiger partial charge in [0.1, 0.15) is 6.10 Å². The van der Waals surface area contributed by atoms with E-state index in [1.165, 1.54) is 12.8 Å². The molecule has 1 heterocycles. The van der Waals surface area contributed by atoms with Crippen molar-refractivity contribution in [1.82, 2.24) is 4.98 Å². The Morgan fingerprint density at radius 3 is 2.87 bits per heavy atom. The highest BCUT2D eigenvalue weighted by molar-refractivity contribution is 5.78. The number of hydrogen-bond donors (Lipinski definition) is 0. The molecule has 0 unspecified atom stereocenters. The Hall–Kier alpha value is -1.38. The number of aldehydes is 1. The van der Waals surface area contributed by atoms with Gasteiger partial charge in [0.15, 0.2) is 6.29 Å². The second-order valence-corrected chi connectivity index (χ2v) is 4.05. The first kappa shape index (κ1) is 10.1. The fourth-order valence-electron chi connectivity index (χ4n) is 1.93. The van der Waals surface area contributed by atoms with E-state index in [0.29, 0.717) is 11.4 Å². The number of aryl methyl sites for hydroxylation is 1. The Kier molecular flexibility index (Phi) is 2.99. The van der Waals surface area contributed by atoms with Crippen LogP contribution in [0.2, 0.25) is 0 Å². The van der Waals surface area contributed by atoms with Gasteiger partial charge in [-0.25, -0.2) is 4.98 Å². The summed E-state index contributed by atoms with van der Waals surface area (Å²) in [5.41, 5.74) is 1.54. The van der Waals surface area contributed by atoms with Crippen LogP contribution in [-0.2, 0) is 0 Å². The van der Waals surface area contributed by atoms with Crippen molar-refractivity contribution in [2.75, 3.05) is 0 Å². The van der Waals surface area contributed by atoms with Gasteiger partial charge in [0.05, 0.1) is 5.56 Å². The van der Waals surface area contributed by atoms with Gasteiger partial charge in [0.25, 0.3) is 0 Å². The van der Waals surface area contributed by atoms with E-state index in [9.17, 15) is 4.79 Å². The van der Waals surface area contributed by atoms with Crippen LogP contribution in [0.5, 0.6) is 5.88 Å². The number of carbonyl (C=O) groups excluding carboxylic acids is 1. The SMILES string of the molecule is Cc1cnc(OC2CCCC2)c(C=O)c1. The minimum Gasteiger partial charge on any atom is -0.474 e. The molecule has 1 aliphatic carbocycles. The molecular weight excluding hydrogens is 190 g/mol. The van der Waals surface area contributed by atoms with Crippen LogP contribution < -0.4 is 4.74 Å². The first-order valence-electron chi connectivity index (χ1n) is 5.38. The molecule has 1 fully saturated rings. The van der Waals surface area contributed by atoms with E-state index in [1.54, 1.807) is 6.20 Å². The zero-order valence-corrected chi connectivity index (χ0v) is 8.90. The molecule has 0 radical (unpaired) electrons. The van der Waals surface area contributed by atoms with Crippen molar-refractivity contribution >= 4 is 6.29 Å². The summed E-state index contributed by atoms with van der Waals surface area (Å²) in [6.07, 6.45) is 7.38. The minimum atomic E-state index is 0.249. The van der Waals surface area contributed by atoms with Gasteiger partial charge in [-0.15, -0.1) is 0 Å². The molecule has 2 rings (SSSR count). The van der Waals surface area contributed by atoms with Gasteiger partial charge >= 0.3 is 0 Å². The van der Waals surface area contributed by atoms with Crippen molar-refractivity contribution in [1.29, 1.82) is 0 Å². The average molecular weight is 205 g/mol. The Morgan fingerprint density at radius 2 is 2.20 bits per heavy atom. The molecule has 80 valence electrons. The maximum Gasteiger partial charge on any atom is 0.224 e. The van der Waals surface area contributed by atoms with Crippen molar-refractivity contribution in [3.8, 4) is 5.88 Å². The third-order valence-electron chi connectivity index (χ3n) is 2.72. The second kappa shape index (κ2) is 4.43. The molecule has 1 aliphatic rings. The molecule has 1 aromatic heterocycles. The lowest BCUT2D eigenvalue weighted by Gasteiger charge is -2.13. The molecule has 3 nitrogen and oxygen atoms in total. The molecule has 0 aliphatic heterocycles. The summed E-state index contributed by atoms with van der Waals surface area (Å²) >= 11 is 0. The number of rotatable bonds is 3. The maximum atomic E-state index is 10.8. The summed E-state index contributed by atoms with van der Waals surface area (Å²) in [7, 11) is 0. The summed E-state index contributed by atoms with van der Waals surface area (Å²) in [6, 6.07) is 1.81. The third kappa shape index (κ3) is 2.35. The van der Waals surface area contributed by atoms with Gasteiger partial charge in [-0.05, 0) is 44.2 Å². The number of hydrogen-bond acceptors (Lipinski definition) is 3. The molecule has 0 spiro atoms. The highest BCUT2D eigenvalue weighted by atomic mass is 16.5. The average Bonchev–Trinajstić information content (AvgIpc) is 2.73. The Bertz CT molecular complexity index is 357. The van der Waals surface area contributed by atoms with Crippen LogP contribution in [-0.4, -0.2) is 17.4 Å². The highest BCUT2D eigenvalue weighted by Gasteiger charge is 2.18. The molecule has 0 aromatic carbocycles. The predicted octanol–water partition coefficient (Wildman–Crippen LogP) is 2.52. The zero-order chi connectivity index (χ0) is 10.7. The van der Waals surface area contributed by atoms with Gasteiger partial charge in [-0.3, -0.25) is 4.79 Å². The van der Waals surface area contributed by atoms with E-state index >= 15 is 0 Å². The largest absolute Gasteiger partial charge is 0.474 e. The van der Waals surface area contributed by atoms with Gasteiger partial charge in [-0.2, -0.15) is 0 Å². The normalized spacial score (nSPS) is 16.6. The summed E-state index contributed by atoms with van der Waals surface area (Å²) < 4.78 is 5.71. The molecule has 0 atom stereocenters. The van der Waals surface area contributed by atoms with E-state index < -0.39 is 0 Å². The van der Waals surface area contributed by atoms with E-state index in [-0.39, 0.29) is 6.10 Å². The predicted molar refractivity (Wildman–Crippen MR) is 57.2 cm³/mol. The first-order chi connectivity index (χ1) is 7.29. The van der Waals surface area contributed by atoms with Crippen LogP contribution in [0.4, 0.5) is 0 Å². The van der Waals surface area contributed by atoms with Crippen LogP contribution in [0.3, 0.4) is 0 Å². The maximum absolute atomic E-state index is 10.8. The Balaban J connectivity index is 2.15. The molecule has 1 aromatic rings. The lowest BCUT2D eigenvalue weighted by molar-refractivity contribution is 0.111. The smallest absolute Gasteiger partial charge is 0.224 e. The molecule has 0 N–H and O–H groups in total. The molecule has 3 heteroatoms.